The number of nitrogens with zero attached hydrogens (tertiary/aromatic N) is 1. The number of rotatable bonds is 9. The first-order valence-electron chi connectivity index (χ1n) is 13.0. The predicted octanol–water partition coefficient (Wildman–Crippen LogP) is 5.46. The maximum Gasteiger partial charge on any atom is 0.243 e. The summed E-state index contributed by atoms with van der Waals surface area (Å²) in [5.74, 6) is 1.13. The summed E-state index contributed by atoms with van der Waals surface area (Å²) >= 11 is 0. The van der Waals surface area contributed by atoms with Crippen LogP contribution in [0.15, 0.2) is 65.1 Å². The second-order valence-electron chi connectivity index (χ2n) is 10.9. The predicted molar refractivity (Wildman–Crippen MR) is 141 cm³/mol. The first kappa shape index (κ1) is 26.8. The molecule has 0 N–H and O–H groups in total. The number of ketones is 1. The third-order valence-corrected chi connectivity index (χ3v) is 9.99. The van der Waals surface area contributed by atoms with E-state index in [4.69, 9.17) is 9.47 Å². The molecule has 0 bridgehead atoms. The number of ether oxygens (including phenoxy) is 2. The normalized spacial score (nSPS) is 22.4. The van der Waals surface area contributed by atoms with E-state index >= 15 is 0 Å². The lowest BCUT2D eigenvalue weighted by atomic mass is 9.76. The smallest absolute Gasteiger partial charge is 0.243 e. The van der Waals surface area contributed by atoms with Gasteiger partial charge in [0.2, 0.25) is 10.0 Å². The second-order valence-corrected chi connectivity index (χ2v) is 12.9. The Balaban J connectivity index is 1.28. The number of Topliss-reactive ketones (excluding diaryl/α,β-unsaturated/α-hetero) is 1. The van der Waals surface area contributed by atoms with Crippen LogP contribution in [0.2, 0.25) is 0 Å². The minimum atomic E-state index is -3.51. The van der Waals surface area contributed by atoms with E-state index < -0.39 is 15.6 Å². The fourth-order valence-corrected chi connectivity index (χ4v) is 7.07. The van der Waals surface area contributed by atoms with Gasteiger partial charge in [-0.3, -0.25) is 4.79 Å². The third-order valence-electron chi connectivity index (χ3n) is 8.08. The van der Waals surface area contributed by atoms with Gasteiger partial charge in [-0.15, -0.1) is 0 Å². The highest BCUT2D eigenvalue weighted by molar-refractivity contribution is 7.89. The molecular formula is C29H39NO5S. The van der Waals surface area contributed by atoms with Crippen LogP contribution in [0.5, 0.6) is 5.75 Å². The maximum atomic E-state index is 13.1. The van der Waals surface area contributed by atoms with Crippen molar-refractivity contribution < 1.29 is 22.7 Å². The molecule has 1 saturated carbocycles. The van der Waals surface area contributed by atoms with Crippen molar-refractivity contribution in [3.8, 4) is 5.75 Å². The molecule has 36 heavy (non-hydrogen) atoms. The maximum absolute atomic E-state index is 13.1. The number of allylic oxidation sites excluding steroid dienone is 4. The molecule has 1 saturated heterocycles. The summed E-state index contributed by atoms with van der Waals surface area (Å²) in [7, 11) is -1.94. The Morgan fingerprint density at radius 2 is 1.83 bits per heavy atom. The molecule has 6 nitrogen and oxygen atoms in total. The third kappa shape index (κ3) is 6.18. The van der Waals surface area contributed by atoms with Crippen LogP contribution in [0.4, 0.5) is 0 Å². The van der Waals surface area contributed by atoms with Gasteiger partial charge in [0.15, 0.2) is 5.78 Å². The van der Waals surface area contributed by atoms with E-state index in [2.05, 4.69) is 18.2 Å². The molecular weight excluding hydrogens is 474 g/mol. The highest BCUT2D eigenvalue weighted by atomic mass is 32.2. The van der Waals surface area contributed by atoms with Crippen LogP contribution in [0.3, 0.4) is 0 Å². The molecule has 1 aromatic rings. The lowest BCUT2D eigenvalue weighted by Gasteiger charge is -2.39. The molecule has 0 aromatic heterocycles. The number of methoxy groups -OCH3 is 1. The van der Waals surface area contributed by atoms with Gasteiger partial charge < -0.3 is 9.47 Å². The van der Waals surface area contributed by atoms with Gasteiger partial charge in [0, 0.05) is 19.5 Å². The number of sulfonamides is 1. The molecule has 2 aliphatic carbocycles. The Morgan fingerprint density at radius 1 is 1.11 bits per heavy atom. The molecule has 0 amide bonds. The van der Waals surface area contributed by atoms with E-state index in [-0.39, 0.29) is 11.2 Å². The zero-order valence-corrected chi connectivity index (χ0v) is 22.6. The van der Waals surface area contributed by atoms with Crippen LogP contribution in [-0.4, -0.2) is 50.9 Å². The van der Waals surface area contributed by atoms with Crippen molar-refractivity contribution in [1.29, 1.82) is 0 Å². The van der Waals surface area contributed by atoms with Gasteiger partial charge in [-0.2, -0.15) is 4.31 Å². The molecule has 1 aromatic carbocycles. The summed E-state index contributed by atoms with van der Waals surface area (Å²) in [4.78, 5) is 13.5. The second kappa shape index (κ2) is 11.0. The van der Waals surface area contributed by atoms with Crippen LogP contribution < -0.4 is 4.74 Å². The van der Waals surface area contributed by atoms with E-state index in [0.29, 0.717) is 42.7 Å². The van der Waals surface area contributed by atoms with Crippen LogP contribution >= 0.6 is 0 Å². The fraction of sp³-hybridized carbons (Fsp3) is 0.552. The average molecular weight is 514 g/mol. The summed E-state index contributed by atoms with van der Waals surface area (Å²) < 4.78 is 39.1. The molecule has 0 radical (unpaired) electrons. The Morgan fingerprint density at radius 3 is 2.53 bits per heavy atom. The zero-order chi connectivity index (χ0) is 25.8. The first-order chi connectivity index (χ1) is 17.1. The van der Waals surface area contributed by atoms with Crippen LogP contribution in [0, 0.1) is 11.3 Å². The molecule has 2 fully saturated rings. The van der Waals surface area contributed by atoms with E-state index in [1.54, 1.807) is 35.7 Å². The number of hydrogen-bond donors (Lipinski definition) is 0. The van der Waals surface area contributed by atoms with Gasteiger partial charge in [-0.05, 0) is 93.5 Å². The number of carbonyl (C=O) groups is 1. The summed E-state index contributed by atoms with van der Waals surface area (Å²) in [6.45, 7) is 5.23. The van der Waals surface area contributed by atoms with Gasteiger partial charge in [0.05, 0.1) is 18.6 Å². The van der Waals surface area contributed by atoms with Crippen molar-refractivity contribution in [3.63, 3.8) is 0 Å². The van der Waals surface area contributed by atoms with Crippen molar-refractivity contribution in [2.45, 2.75) is 69.3 Å². The van der Waals surface area contributed by atoms with E-state index in [9.17, 15) is 13.2 Å². The summed E-state index contributed by atoms with van der Waals surface area (Å²) in [5.41, 5.74) is 0.390. The minimum Gasteiger partial charge on any atom is -0.497 e. The minimum absolute atomic E-state index is 0.143. The lowest BCUT2D eigenvalue weighted by molar-refractivity contribution is -0.140. The number of carbonyl (C=O) groups excluding carboxylic acids is 1. The van der Waals surface area contributed by atoms with Gasteiger partial charge >= 0.3 is 0 Å². The highest BCUT2D eigenvalue weighted by Crippen LogP contribution is 2.50. The molecule has 1 unspecified atom stereocenters. The highest BCUT2D eigenvalue weighted by Gasteiger charge is 2.44. The lowest BCUT2D eigenvalue weighted by Crippen LogP contribution is -2.42. The van der Waals surface area contributed by atoms with Crippen molar-refractivity contribution in [2.24, 2.45) is 11.3 Å². The van der Waals surface area contributed by atoms with E-state index in [1.165, 1.54) is 0 Å². The van der Waals surface area contributed by atoms with E-state index in [0.717, 1.165) is 44.1 Å². The van der Waals surface area contributed by atoms with Gasteiger partial charge in [0.25, 0.3) is 0 Å². The Labute approximate surface area is 216 Å². The Hall–Kier alpha value is -2.22. The number of piperidine rings is 1. The van der Waals surface area contributed by atoms with Crippen LogP contribution in [0.25, 0.3) is 0 Å². The largest absolute Gasteiger partial charge is 0.497 e. The molecule has 196 valence electrons. The van der Waals surface area contributed by atoms with Crippen molar-refractivity contribution >= 4 is 15.8 Å². The zero-order valence-electron chi connectivity index (χ0n) is 21.7. The Kier molecular flexibility index (Phi) is 8.22. The topological polar surface area (TPSA) is 72.9 Å². The number of hydrogen-bond acceptors (Lipinski definition) is 5. The molecule has 1 heterocycles. The van der Waals surface area contributed by atoms with Crippen LogP contribution in [-0.2, 0) is 19.6 Å². The van der Waals surface area contributed by atoms with Crippen molar-refractivity contribution in [1.82, 2.24) is 4.31 Å². The first-order valence-corrected chi connectivity index (χ1v) is 14.4. The monoisotopic (exact) mass is 513 g/mol. The number of benzene rings is 1. The van der Waals surface area contributed by atoms with Gasteiger partial charge in [-0.1, -0.05) is 30.4 Å². The quantitative estimate of drug-likeness (QED) is 0.438. The van der Waals surface area contributed by atoms with Gasteiger partial charge in [0.1, 0.15) is 11.4 Å². The van der Waals surface area contributed by atoms with E-state index in [1.807, 2.05) is 26.0 Å². The van der Waals surface area contributed by atoms with Crippen molar-refractivity contribution in [2.75, 3.05) is 26.8 Å². The molecule has 3 aliphatic rings. The molecule has 1 spiro atoms. The fourth-order valence-electron chi connectivity index (χ4n) is 5.63. The van der Waals surface area contributed by atoms with Gasteiger partial charge in [-0.25, -0.2) is 8.42 Å². The standard InChI is InChI=1S/C29H39NO5S/c1-28(2,35-22-23-8-6-4-5-7-9-23)27(31)20-24-14-15-29(21-24)16-18-30(19-17-29)36(32,33)26-12-10-25(34-3)11-13-26/h4,6-13,24H,5,14-22H2,1-3H3. The molecule has 7 heteroatoms. The summed E-state index contributed by atoms with van der Waals surface area (Å²) in [6.07, 6.45) is 16.5. The Bertz CT molecular complexity index is 1120. The van der Waals surface area contributed by atoms with Crippen molar-refractivity contribution in [3.05, 3.63) is 60.2 Å². The average Bonchev–Trinajstić information content (AvgIpc) is 3.07. The molecule has 1 atom stereocenters. The molecule has 4 rings (SSSR count). The summed E-state index contributed by atoms with van der Waals surface area (Å²) in [5, 5.41) is 0. The SMILES string of the molecule is COc1ccc(S(=O)(=O)N2CCC3(CCC(CC(=O)C(C)(C)OCC4=CC=CCC=C4)C3)CC2)cc1. The van der Waals surface area contributed by atoms with Crippen LogP contribution in [0.1, 0.15) is 58.8 Å². The molecule has 1 aliphatic heterocycles. The summed E-state index contributed by atoms with van der Waals surface area (Å²) in [6, 6.07) is 6.59.